The maximum atomic E-state index is 13.3. The number of aryl methyl sites for hydroxylation is 1. The predicted octanol–water partition coefficient (Wildman–Crippen LogP) is 3.54. The van der Waals surface area contributed by atoms with E-state index in [9.17, 15) is 13.2 Å². The zero-order valence-electron chi connectivity index (χ0n) is 7.72. The average Bonchev–Trinajstić information content (AvgIpc) is 2.49. The summed E-state index contributed by atoms with van der Waals surface area (Å²) in [7, 11) is 0. The van der Waals surface area contributed by atoms with Crippen LogP contribution in [0.1, 0.15) is 4.88 Å². The molecular formula is C10H6F3NS. The summed E-state index contributed by atoms with van der Waals surface area (Å²) < 4.78 is 39.2. The van der Waals surface area contributed by atoms with Crippen LogP contribution < -0.4 is 0 Å². The maximum absolute atomic E-state index is 13.3. The van der Waals surface area contributed by atoms with E-state index in [2.05, 4.69) is 4.98 Å². The van der Waals surface area contributed by atoms with Crippen molar-refractivity contribution in [3.63, 3.8) is 0 Å². The molecule has 1 aromatic heterocycles. The van der Waals surface area contributed by atoms with Gasteiger partial charge in [-0.15, -0.1) is 11.3 Å². The minimum absolute atomic E-state index is 0.225. The molecule has 5 heteroatoms. The van der Waals surface area contributed by atoms with Crippen LogP contribution >= 0.6 is 11.3 Å². The number of hydrogen-bond donors (Lipinski definition) is 0. The van der Waals surface area contributed by atoms with Gasteiger partial charge in [0, 0.05) is 23.2 Å². The van der Waals surface area contributed by atoms with E-state index in [1.807, 2.05) is 0 Å². The van der Waals surface area contributed by atoms with Crippen molar-refractivity contribution in [1.82, 2.24) is 4.98 Å². The molecule has 0 radical (unpaired) electrons. The predicted molar refractivity (Wildman–Crippen MR) is 52.2 cm³/mol. The van der Waals surface area contributed by atoms with E-state index in [1.54, 1.807) is 6.92 Å². The van der Waals surface area contributed by atoms with Crippen molar-refractivity contribution in [2.45, 2.75) is 6.92 Å². The zero-order valence-corrected chi connectivity index (χ0v) is 8.54. The number of hydrogen-bond acceptors (Lipinski definition) is 2. The Morgan fingerprint density at radius 1 is 1.13 bits per heavy atom. The van der Waals surface area contributed by atoms with Gasteiger partial charge >= 0.3 is 0 Å². The molecule has 0 aliphatic carbocycles. The van der Waals surface area contributed by atoms with Gasteiger partial charge in [0.1, 0.15) is 22.5 Å². The van der Waals surface area contributed by atoms with Gasteiger partial charge in [0.05, 0.1) is 5.56 Å². The van der Waals surface area contributed by atoms with Gasteiger partial charge in [0.25, 0.3) is 0 Å². The van der Waals surface area contributed by atoms with E-state index < -0.39 is 17.5 Å². The molecule has 78 valence electrons. The van der Waals surface area contributed by atoms with Crippen LogP contribution in [0.5, 0.6) is 0 Å². The summed E-state index contributed by atoms with van der Waals surface area (Å²) in [4.78, 5) is 4.69. The van der Waals surface area contributed by atoms with Crippen LogP contribution in [0.15, 0.2) is 18.3 Å². The molecule has 1 nitrogen and oxygen atoms in total. The summed E-state index contributed by atoms with van der Waals surface area (Å²) in [6.07, 6.45) is 1.52. The van der Waals surface area contributed by atoms with E-state index in [4.69, 9.17) is 0 Å². The smallest absolute Gasteiger partial charge is 0.139 e. The van der Waals surface area contributed by atoms with Gasteiger partial charge in [0.2, 0.25) is 0 Å². The number of thiazole rings is 1. The average molecular weight is 229 g/mol. The monoisotopic (exact) mass is 229 g/mol. The van der Waals surface area contributed by atoms with Crippen LogP contribution in [0.4, 0.5) is 13.2 Å². The SMILES string of the molecule is Cc1cnc(-c2c(F)cc(F)cc2F)s1. The van der Waals surface area contributed by atoms with E-state index in [0.717, 1.165) is 16.2 Å². The lowest BCUT2D eigenvalue weighted by molar-refractivity contribution is 0.548. The van der Waals surface area contributed by atoms with Crippen LogP contribution in [0.2, 0.25) is 0 Å². The number of benzene rings is 1. The molecule has 0 saturated carbocycles. The third-order valence-electron chi connectivity index (χ3n) is 1.84. The molecule has 0 amide bonds. The molecule has 0 fully saturated rings. The van der Waals surface area contributed by atoms with Crippen molar-refractivity contribution >= 4 is 11.3 Å². The molecule has 1 heterocycles. The molecule has 2 rings (SSSR count). The summed E-state index contributed by atoms with van der Waals surface area (Å²) in [6.45, 7) is 1.78. The molecule has 2 aromatic rings. The molecule has 0 aliphatic rings. The first-order chi connectivity index (χ1) is 7.08. The van der Waals surface area contributed by atoms with Gasteiger partial charge in [-0.25, -0.2) is 18.2 Å². The van der Waals surface area contributed by atoms with Gasteiger partial charge < -0.3 is 0 Å². The molecular weight excluding hydrogens is 223 g/mol. The highest BCUT2D eigenvalue weighted by atomic mass is 32.1. The Morgan fingerprint density at radius 3 is 2.20 bits per heavy atom. The van der Waals surface area contributed by atoms with Crippen molar-refractivity contribution < 1.29 is 13.2 Å². The minimum atomic E-state index is -0.929. The Bertz CT molecular complexity index is 484. The fraction of sp³-hybridized carbons (Fsp3) is 0.100. The third kappa shape index (κ3) is 1.87. The standard InChI is InChI=1S/C10H6F3NS/c1-5-4-14-10(15-5)9-7(12)2-6(11)3-8(9)13/h2-4H,1H3. The molecule has 0 bridgehead atoms. The van der Waals surface area contributed by atoms with E-state index in [-0.39, 0.29) is 10.6 Å². The van der Waals surface area contributed by atoms with Gasteiger partial charge in [0.15, 0.2) is 0 Å². The van der Waals surface area contributed by atoms with E-state index in [0.29, 0.717) is 12.1 Å². The Labute approximate surface area is 88.2 Å². The highest BCUT2D eigenvalue weighted by molar-refractivity contribution is 7.14. The maximum Gasteiger partial charge on any atom is 0.139 e. The van der Waals surface area contributed by atoms with E-state index in [1.165, 1.54) is 6.20 Å². The lowest BCUT2D eigenvalue weighted by atomic mass is 10.2. The summed E-state index contributed by atoms with van der Waals surface area (Å²) in [5.41, 5.74) is -0.269. The Morgan fingerprint density at radius 2 is 1.73 bits per heavy atom. The second-order valence-electron chi connectivity index (χ2n) is 3.02. The van der Waals surface area contributed by atoms with Crippen molar-refractivity contribution in [2.24, 2.45) is 0 Å². The number of halogens is 3. The summed E-state index contributed by atoms with van der Waals surface area (Å²) in [6, 6.07) is 1.30. The second-order valence-corrected chi connectivity index (χ2v) is 4.26. The van der Waals surface area contributed by atoms with Gasteiger partial charge in [-0.1, -0.05) is 0 Å². The minimum Gasteiger partial charge on any atom is -0.244 e. The van der Waals surface area contributed by atoms with Crippen molar-refractivity contribution in [2.75, 3.05) is 0 Å². The number of nitrogens with zero attached hydrogens (tertiary/aromatic N) is 1. The summed E-state index contributed by atoms with van der Waals surface area (Å²) in [5.74, 6) is -2.79. The second kappa shape index (κ2) is 3.66. The van der Waals surface area contributed by atoms with Gasteiger partial charge in [-0.3, -0.25) is 0 Å². The largest absolute Gasteiger partial charge is 0.244 e. The Balaban J connectivity index is 2.62. The molecule has 0 atom stereocenters. The molecule has 0 spiro atoms. The first-order valence-corrected chi connectivity index (χ1v) is 4.97. The molecule has 1 aromatic carbocycles. The highest BCUT2D eigenvalue weighted by Crippen LogP contribution is 2.29. The third-order valence-corrected chi connectivity index (χ3v) is 2.77. The summed E-state index contributed by atoms with van der Waals surface area (Å²) in [5, 5.41) is 0.225. The number of aromatic nitrogens is 1. The first-order valence-electron chi connectivity index (χ1n) is 4.15. The fourth-order valence-corrected chi connectivity index (χ4v) is 2.03. The summed E-state index contributed by atoms with van der Waals surface area (Å²) >= 11 is 1.16. The van der Waals surface area contributed by atoms with Crippen LogP contribution in [0.25, 0.3) is 10.6 Å². The lowest BCUT2D eigenvalue weighted by Gasteiger charge is -2.00. The van der Waals surface area contributed by atoms with Crippen LogP contribution in [0.3, 0.4) is 0 Å². The molecule has 15 heavy (non-hydrogen) atoms. The van der Waals surface area contributed by atoms with Crippen molar-refractivity contribution in [1.29, 1.82) is 0 Å². The van der Waals surface area contributed by atoms with Crippen LogP contribution in [-0.2, 0) is 0 Å². The van der Waals surface area contributed by atoms with E-state index >= 15 is 0 Å². The molecule has 0 aliphatic heterocycles. The lowest BCUT2D eigenvalue weighted by Crippen LogP contribution is -1.91. The highest BCUT2D eigenvalue weighted by Gasteiger charge is 2.15. The Kier molecular flexibility index (Phi) is 2.48. The molecule has 0 unspecified atom stereocenters. The topological polar surface area (TPSA) is 12.9 Å². The number of rotatable bonds is 1. The van der Waals surface area contributed by atoms with Crippen LogP contribution in [-0.4, -0.2) is 4.98 Å². The van der Waals surface area contributed by atoms with Crippen molar-refractivity contribution in [3.05, 3.63) is 40.7 Å². The normalized spacial score (nSPS) is 10.7. The molecule has 0 N–H and O–H groups in total. The Hall–Kier alpha value is -1.36. The zero-order chi connectivity index (χ0) is 11.0. The van der Waals surface area contributed by atoms with Gasteiger partial charge in [-0.2, -0.15) is 0 Å². The molecule has 0 saturated heterocycles. The fourth-order valence-electron chi connectivity index (χ4n) is 1.22. The van der Waals surface area contributed by atoms with Gasteiger partial charge in [-0.05, 0) is 6.92 Å². The first kappa shape index (κ1) is 10.2. The van der Waals surface area contributed by atoms with Crippen molar-refractivity contribution in [3.8, 4) is 10.6 Å². The van der Waals surface area contributed by atoms with Crippen LogP contribution in [0, 0.1) is 24.4 Å². The quantitative estimate of drug-likeness (QED) is 0.728.